The van der Waals surface area contributed by atoms with Crippen molar-refractivity contribution in [2.45, 2.75) is 18.2 Å². The van der Waals surface area contributed by atoms with E-state index in [0.717, 1.165) is 12.8 Å². The normalized spacial score (nSPS) is 25.8. The van der Waals surface area contributed by atoms with E-state index in [1.807, 2.05) is 12.2 Å². The van der Waals surface area contributed by atoms with E-state index in [4.69, 9.17) is 17.3 Å². The highest BCUT2D eigenvalue weighted by molar-refractivity contribution is 6.21. The summed E-state index contributed by atoms with van der Waals surface area (Å²) in [7, 11) is 0. The molecule has 1 nitrogen and oxygen atoms in total. The Bertz CT molecular complexity index is 161. The van der Waals surface area contributed by atoms with Gasteiger partial charge in [-0.15, -0.1) is 11.6 Å². The SMILES string of the molecule is NCC1=CC=CC(Cl)CC1. The van der Waals surface area contributed by atoms with E-state index in [9.17, 15) is 0 Å². The number of hydrogen-bond donors (Lipinski definition) is 1. The molecule has 1 rings (SSSR count). The van der Waals surface area contributed by atoms with Crippen LogP contribution in [-0.4, -0.2) is 11.9 Å². The Balaban J connectivity index is 2.52. The standard InChI is InChI=1S/C8H12ClN/c9-8-3-1-2-7(6-10)4-5-8/h1-3,8H,4-6,10H2. The fourth-order valence-corrected chi connectivity index (χ4v) is 1.18. The lowest BCUT2D eigenvalue weighted by atomic mass is 10.1. The van der Waals surface area contributed by atoms with Crippen LogP contribution in [0.3, 0.4) is 0 Å². The van der Waals surface area contributed by atoms with Gasteiger partial charge in [0.2, 0.25) is 0 Å². The van der Waals surface area contributed by atoms with E-state index in [2.05, 4.69) is 6.08 Å². The minimum atomic E-state index is 0.195. The number of nitrogens with two attached hydrogens (primary N) is 1. The molecule has 0 saturated carbocycles. The van der Waals surface area contributed by atoms with Gasteiger partial charge in [-0.25, -0.2) is 0 Å². The molecule has 2 N–H and O–H groups in total. The number of alkyl halides is 1. The van der Waals surface area contributed by atoms with Gasteiger partial charge >= 0.3 is 0 Å². The topological polar surface area (TPSA) is 26.0 Å². The van der Waals surface area contributed by atoms with Crippen LogP contribution in [0.2, 0.25) is 0 Å². The van der Waals surface area contributed by atoms with Crippen LogP contribution in [0.1, 0.15) is 12.8 Å². The van der Waals surface area contributed by atoms with Gasteiger partial charge in [0.25, 0.3) is 0 Å². The molecule has 2 heteroatoms. The van der Waals surface area contributed by atoms with Crippen molar-refractivity contribution in [3.63, 3.8) is 0 Å². The van der Waals surface area contributed by atoms with E-state index < -0.39 is 0 Å². The van der Waals surface area contributed by atoms with Gasteiger partial charge in [-0.2, -0.15) is 0 Å². The van der Waals surface area contributed by atoms with Crippen LogP contribution in [0.25, 0.3) is 0 Å². The molecule has 0 heterocycles. The average Bonchev–Trinajstić information content (AvgIpc) is 2.14. The maximum atomic E-state index is 5.88. The highest BCUT2D eigenvalue weighted by Crippen LogP contribution is 2.15. The van der Waals surface area contributed by atoms with Crippen molar-refractivity contribution in [3.8, 4) is 0 Å². The second-order valence-electron chi connectivity index (χ2n) is 2.47. The number of rotatable bonds is 1. The van der Waals surface area contributed by atoms with Gasteiger partial charge in [-0.3, -0.25) is 0 Å². The van der Waals surface area contributed by atoms with Crippen molar-refractivity contribution in [2.24, 2.45) is 5.73 Å². The van der Waals surface area contributed by atoms with Crippen LogP contribution in [0, 0.1) is 0 Å². The maximum Gasteiger partial charge on any atom is 0.0522 e. The largest absolute Gasteiger partial charge is 0.327 e. The summed E-state index contributed by atoms with van der Waals surface area (Å²) >= 11 is 5.88. The molecular formula is C8H12ClN. The molecule has 56 valence electrons. The first-order valence-corrected chi connectivity index (χ1v) is 3.97. The molecule has 0 spiro atoms. The fraction of sp³-hybridized carbons (Fsp3) is 0.500. The van der Waals surface area contributed by atoms with Crippen LogP contribution in [0.4, 0.5) is 0 Å². The van der Waals surface area contributed by atoms with E-state index in [-0.39, 0.29) is 5.38 Å². The average molecular weight is 158 g/mol. The molecule has 10 heavy (non-hydrogen) atoms. The summed E-state index contributed by atoms with van der Waals surface area (Å²) in [6.45, 7) is 0.661. The predicted molar refractivity (Wildman–Crippen MR) is 45.2 cm³/mol. The van der Waals surface area contributed by atoms with E-state index in [1.165, 1.54) is 5.57 Å². The molecule has 0 aromatic carbocycles. The van der Waals surface area contributed by atoms with Gasteiger partial charge in [0.05, 0.1) is 5.38 Å². The second kappa shape index (κ2) is 3.79. The quantitative estimate of drug-likeness (QED) is 0.578. The summed E-state index contributed by atoms with van der Waals surface area (Å²) in [6, 6.07) is 0. The maximum absolute atomic E-state index is 5.88. The molecule has 0 radical (unpaired) electrons. The molecule has 0 bridgehead atoms. The molecule has 1 unspecified atom stereocenters. The summed E-state index contributed by atoms with van der Waals surface area (Å²) in [5.41, 5.74) is 6.76. The van der Waals surface area contributed by atoms with Gasteiger partial charge in [-0.1, -0.05) is 23.8 Å². The van der Waals surface area contributed by atoms with Gasteiger partial charge in [0.1, 0.15) is 0 Å². The van der Waals surface area contributed by atoms with Crippen molar-refractivity contribution < 1.29 is 0 Å². The number of halogens is 1. The molecule has 0 fully saturated rings. The van der Waals surface area contributed by atoms with Crippen molar-refractivity contribution in [1.82, 2.24) is 0 Å². The van der Waals surface area contributed by atoms with Crippen LogP contribution in [-0.2, 0) is 0 Å². The van der Waals surface area contributed by atoms with Gasteiger partial charge in [-0.05, 0) is 12.8 Å². The van der Waals surface area contributed by atoms with Gasteiger partial charge < -0.3 is 5.73 Å². The minimum Gasteiger partial charge on any atom is -0.327 e. The lowest BCUT2D eigenvalue weighted by Gasteiger charge is -2.01. The zero-order valence-corrected chi connectivity index (χ0v) is 6.64. The van der Waals surface area contributed by atoms with Crippen LogP contribution in [0.5, 0.6) is 0 Å². The van der Waals surface area contributed by atoms with Gasteiger partial charge in [0, 0.05) is 6.54 Å². The third-order valence-electron chi connectivity index (χ3n) is 1.66. The zero-order valence-electron chi connectivity index (χ0n) is 5.89. The summed E-state index contributed by atoms with van der Waals surface area (Å²) in [6.07, 6.45) is 8.11. The predicted octanol–water partition coefficient (Wildman–Crippen LogP) is 1.83. The Morgan fingerprint density at radius 2 is 2.50 bits per heavy atom. The Labute approximate surface area is 66.6 Å². The summed E-state index contributed by atoms with van der Waals surface area (Å²) in [5.74, 6) is 0. The first kappa shape index (κ1) is 7.83. The first-order chi connectivity index (χ1) is 4.83. The number of hydrogen-bond acceptors (Lipinski definition) is 1. The third kappa shape index (κ3) is 2.16. The Morgan fingerprint density at radius 3 is 3.20 bits per heavy atom. The molecule has 0 amide bonds. The Kier molecular flexibility index (Phi) is 2.97. The zero-order chi connectivity index (χ0) is 7.40. The lowest BCUT2D eigenvalue weighted by Crippen LogP contribution is -2.03. The van der Waals surface area contributed by atoms with E-state index in [1.54, 1.807) is 0 Å². The number of allylic oxidation sites excluding steroid dienone is 3. The Hall–Kier alpha value is -0.270. The fourth-order valence-electron chi connectivity index (χ4n) is 0.985. The monoisotopic (exact) mass is 157 g/mol. The van der Waals surface area contributed by atoms with Gasteiger partial charge in [0.15, 0.2) is 0 Å². The van der Waals surface area contributed by atoms with Crippen molar-refractivity contribution in [3.05, 3.63) is 23.8 Å². The highest BCUT2D eigenvalue weighted by Gasteiger charge is 2.03. The molecular weight excluding hydrogens is 146 g/mol. The lowest BCUT2D eigenvalue weighted by molar-refractivity contribution is 0.828. The smallest absolute Gasteiger partial charge is 0.0522 e. The molecule has 1 atom stereocenters. The first-order valence-electron chi connectivity index (χ1n) is 3.53. The van der Waals surface area contributed by atoms with E-state index in [0.29, 0.717) is 6.54 Å². The van der Waals surface area contributed by atoms with E-state index >= 15 is 0 Å². The summed E-state index contributed by atoms with van der Waals surface area (Å²) < 4.78 is 0. The third-order valence-corrected chi connectivity index (χ3v) is 2.02. The van der Waals surface area contributed by atoms with Crippen molar-refractivity contribution >= 4 is 11.6 Å². The molecule has 1 aliphatic rings. The molecule has 0 aromatic heterocycles. The summed E-state index contributed by atoms with van der Waals surface area (Å²) in [5, 5.41) is 0.195. The Morgan fingerprint density at radius 1 is 1.70 bits per heavy atom. The highest BCUT2D eigenvalue weighted by atomic mass is 35.5. The van der Waals surface area contributed by atoms with Crippen LogP contribution >= 0.6 is 11.6 Å². The second-order valence-corrected chi connectivity index (χ2v) is 3.03. The molecule has 0 aliphatic heterocycles. The molecule has 1 aliphatic carbocycles. The molecule has 0 saturated heterocycles. The molecule has 0 aromatic rings. The van der Waals surface area contributed by atoms with Crippen LogP contribution in [0.15, 0.2) is 23.8 Å². The van der Waals surface area contributed by atoms with Crippen molar-refractivity contribution in [1.29, 1.82) is 0 Å². The van der Waals surface area contributed by atoms with Crippen LogP contribution < -0.4 is 5.73 Å². The van der Waals surface area contributed by atoms with Crippen molar-refractivity contribution in [2.75, 3.05) is 6.54 Å². The minimum absolute atomic E-state index is 0.195. The summed E-state index contributed by atoms with van der Waals surface area (Å²) in [4.78, 5) is 0.